The average molecular weight is 484 g/mol. The second-order valence-corrected chi connectivity index (χ2v) is 9.55. The maximum atomic E-state index is 13.0. The van der Waals surface area contributed by atoms with Gasteiger partial charge in [-0.2, -0.15) is 0 Å². The predicted molar refractivity (Wildman–Crippen MR) is 145 cm³/mol. The molecule has 3 aromatic carbocycles. The number of amides is 2. The molecule has 0 saturated carbocycles. The second kappa shape index (κ2) is 10.8. The van der Waals surface area contributed by atoms with Gasteiger partial charge in [-0.25, -0.2) is 0 Å². The summed E-state index contributed by atoms with van der Waals surface area (Å²) >= 11 is 0. The molecule has 7 nitrogen and oxygen atoms in total. The molecule has 36 heavy (non-hydrogen) atoms. The van der Waals surface area contributed by atoms with E-state index in [9.17, 15) is 9.59 Å². The Hall–Kier alpha value is -3.84. The van der Waals surface area contributed by atoms with Crippen molar-refractivity contribution < 1.29 is 9.59 Å². The maximum absolute atomic E-state index is 13.0. The monoisotopic (exact) mass is 483 g/mol. The van der Waals surface area contributed by atoms with Crippen LogP contribution in [0, 0.1) is 6.92 Å². The fraction of sp³-hybridized carbons (Fsp3) is 0.310. The van der Waals surface area contributed by atoms with Crippen LogP contribution in [0.25, 0.3) is 0 Å². The van der Waals surface area contributed by atoms with E-state index in [1.165, 1.54) is 25.9 Å². The van der Waals surface area contributed by atoms with E-state index in [2.05, 4.69) is 32.2 Å². The lowest BCUT2D eigenvalue weighted by atomic mass is 10.0. The van der Waals surface area contributed by atoms with E-state index in [1.54, 1.807) is 6.07 Å². The number of carbonyl (C=O) groups is 2. The second-order valence-electron chi connectivity index (χ2n) is 9.55. The number of aryl methyl sites for hydroxylation is 1. The van der Waals surface area contributed by atoms with Crippen LogP contribution in [-0.2, 0) is 6.54 Å². The van der Waals surface area contributed by atoms with Gasteiger partial charge in [-0.05, 0) is 99.9 Å². The molecule has 3 aromatic rings. The van der Waals surface area contributed by atoms with E-state index in [1.807, 2.05) is 55.5 Å². The molecule has 0 spiro atoms. The highest BCUT2D eigenvalue weighted by atomic mass is 16.2. The Morgan fingerprint density at radius 1 is 0.972 bits per heavy atom. The third kappa shape index (κ3) is 5.52. The van der Waals surface area contributed by atoms with Gasteiger partial charge in [-0.15, -0.1) is 0 Å². The fourth-order valence-corrected chi connectivity index (χ4v) is 4.92. The van der Waals surface area contributed by atoms with Crippen molar-refractivity contribution in [1.29, 1.82) is 0 Å². The number of hydrogen-bond donors (Lipinski definition) is 4. The van der Waals surface area contributed by atoms with Crippen molar-refractivity contribution in [2.45, 2.75) is 32.7 Å². The molecule has 4 N–H and O–H groups in total. The molecule has 0 bridgehead atoms. The van der Waals surface area contributed by atoms with Crippen molar-refractivity contribution in [3.63, 3.8) is 0 Å². The summed E-state index contributed by atoms with van der Waals surface area (Å²) in [6.07, 6.45) is 3.74. The molecule has 0 aromatic heterocycles. The molecular weight excluding hydrogens is 450 g/mol. The topological polar surface area (TPSA) is 85.5 Å². The summed E-state index contributed by atoms with van der Waals surface area (Å²) in [5.41, 5.74) is 6.39. The van der Waals surface area contributed by atoms with Gasteiger partial charge in [-0.3, -0.25) is 9.59 Å². The molecule has 2 heterocycles. The number of likely N-dealkylation sites (tertiary alicyclic amines) is 1. The van der Waals surface area contributed by atoms with E-state index in [0.717, 1.165) is 47.7 Å². The summed E-state index contributed by atoms with van der Waals surface area (Å²) in [7, 11) is 0. The zero-order valence-corrected chi connectivity index (χ0v) is 20.7. The Labute approximate surface area is 212 Å². The number of nitrogens with zero attached hydrogens (tertiary/aromatic N) is 1. The molecule has 0 unspecified atom stereocenters. The first kappa shape index (κ1) is 23.9. The van der Waals surface area contributed by atoms with Crippen molar-refractivity contribution in [2.24, 2.45) is 0 Å². The summed E-state index contributed by atoms with van der Waals surface area (Å²) in [6.45, 7) is 6.94. The quantitative estimate of drug-likeness (QED) is 0.317. The number of carbonyl (C=O) groups excluding carboxylic acids is 2. The normalized spacial score (nSPS) is 14.9. The van der Waals surface area contributed by atoms with Crippen LogP contribution in [0.15, 0.2) is 60.7 Å². The van der Waals surface area contributed by atoms with Crippen LogP contribution >= 0.6 is 0 Å². The standard InChI is InChI=1S/C29H33N5O2/c1-20-6-4-7-23(18-20)32-25-12-13-26(27-24(25)19-31-29(27)36)33-28(35)21-8-10-22(11-9-21)30-14-5-17-34-15-2-3-16-34/h4,6-13,18,30,32H,2-3,5,14-17,19H2,1H3,(H,31,36)(H,33,35). The molecule has 186 valence electrons. The average Bonchev–Trinajstić information content (AvgIpc) is 3.54. The molecule has 1 saturated heterocycles. The first-order valence-corrected chi connectivity index (χ1v) is 12.7. The van der Waals surface area contributed by atoms with E-state index < -0.39 is 0 Å². The lowest BCUT2D eigenvalue weighted by molar-refractivity contribution is 0.0966. The molecule has 0 aliphatic carbocycles. The van der Waals surface area contributed by atoms with Crippen LogP contribution in [0.3, 0.4) is 0 Å². The van der Waals surface area contributed by atoms with E-state index in [0.29, 0.717) is 23.4 Å². The van der Waals surface area contributed by atoms with Gasteiger partial charge in [0.05, 0.1) is 11.3 Å². The minimum Gasteiger partial charge on any atom is -0.385 e. The zero-order valence-electron chi connectivity index (χ0n) is 20.7. The SMILES string of the molecule is Cc1cccc(Nc2ccc(NC(=O)c3ccc(NCCCN4CCCC4)cc3)c3c2CNC3=O)c1. The molecule has 5 rings (SSSR count). The number of nitrogens with one attached hydrogen (secondary N) is 4. The van der Waals surface area contributed by atoms with Crippen molar-refractivity contribution in [3.8, 4) is 0 Å². The van der Waals surface area contributed by atoms with E-state index in [-0.39, 0.29) is 11.8 Å². The minimum atomic E-state index is -0.239. The lowest BCUT2D eigenvalue weighted by Crippen LogP contribution is -2.22. The summed E-state index contributed by atoms with van der Waals surface area (Å²) in [6, 6.07) is 19.3. The first-order chi connectivity index (χ1) is 17.6. The van der Waals surface area contributed by atoms with Gasteiger partial charge in [-0.1, -0.05) is 12.1 Å². The molecule has 0 radical (unpaired) electrons. The summed E-state index contributed by atoms with van der Waals surface area (Å²) in [4.78, 5) is 28.1. The molecule has 1 fully saturated rings. The number of fused-ring (bicyclic) bond motifs is 1. The van der Waals surface area contributed by atoms with Gasteiger partial charge in [0.2, 0.25) is 0 Å². The Balaban J connectivity index is 1.22. The van der Waals surface area contributed by atoms with Gasteiger partial charge in [0, 0.05) is 41.3 Å². The minimum absolute atomic E-state index is 0.179. The smallest absolute Gasteiger partial charge is 0.255 e. The van der Waals surface area contributed by atoms with E-state index in [4.69, 9.17) is 0 Å². The maximum Gasteiger partial charge on any atom is 0.255 e. The van der Waals surface area contributed by atoms with Crippen LogP contribution < -0.4 is 21.3 Å². The number of benzene rings is 3. The first-order valence-electron chi connectivity index (χ1n) is 12.7. The molecule has 2 aliphatic heterocycles. The Morgan fingerprint density at radius 3 is 2.53 bits per heavy atom. The highest BCUT2D eigenvalue weighted by molar-refractivity contribution is 6.11. The van der Waals surface area contributed by atoms with Gasteiger partial charge in [0.25, 0.3) is 11.8 Å². The largest absolute Gasteiger partial charge is 0.385 e. The number of anilines is 4. The fourth-order valence-electron chi connectivity index (χ4n) is 4.92. The summed E-state index contributed by atoms with van der Waals surface area (Å²) < 4.78 is 0. The Bertz CT molecular complexity index is 1250. The van der Waals surface area contributed by atoms with Gasteiger partial charge < -0.3 is 26.2 Å². The van der Waals surface area contributed by atoms with E-state index >= 15 is 0 Å². The molecule has 7 heteroatoms. The van der Waals surface area contributed by atoms with Crippen LogP contribution in [0.1, 0.15) is 51.1 Å². The molecular formula is C29H33N5O2. The summed E-state index contributed by atoms with van der Waals surface area (Å²) in [5.74, 6) is -0.418. The number of hydrogen-bond acceptors (Lipinski definition) is 5. The van der Waals surface area contributed by atoms with Gasteiger partial charge >= 0.3 is 0 Å². The zero-order chi connectivity index (χ0) is 24.9. The predicted octanol–water partition coefficient (Wildman–Crippen LogP) is 5.13. The van der Waals surface area contributed by atoms with Crippen LogP contribution in [-0.4, -0.2) is 42.9 Å². The molecule has 0 atom stereocenters. The third-order valence-electron chi connectivity index (χ3n) is 6.84. The van der Waals surface area contributed by atoms with Crippen molar-refractivity contribution >= 4 is 34.6 Å². The van der Waals surface area contributed by atoms with Crippen LogP contribution in [0.5, 0.6) is 0 Å². The highest BCUT2D eigenvalue weighted by Gasteiger charge is 2.26. The van der Waals surface area contributed by atoms with Crippen molar-refractivity contribution in [3.05, 3.63) is 82.9 Å². The Morgan fingerprint density at radius 2 is 1.75 bits per heavy atom. The van der Waals surface area contributed by atoms with Crippen molar-refractivity contribution in [1.82, 2.24) is 10.2 Å². The lowest BCUT2D eigenvalue weighted by Gasteiger charge is -2.15. The van der Waals surface area contributed by atoms with Gasteiger partial charge in [0.15, 0.2) is 0 Å². The number of rotatable bonds is 9. The molecule has 2 aliphatic rings. The van der Waals surface area contributed by atoms with Gasteiger partial charge in [0.1, 0.15) is 0 Å². The summed E-state index contributed by atoms with van der Waals surface area (Å²) in [5, 5.41) is 12.7. The molecule has 2 amide bonds. The van der Waals surface area contributed by atoms with Crippen molar-refractivity contribution in [2.75, 3.05) is 42.1 Å². The van der Waals surface area contributed by atoms with Crippen LogP contribution in [0.4, 0.5) is 22.7 Å². The third-order valence-corrected chi connectivity index (χ3v) is 6.84. The Kier molecular flexibility index (Phi) is 7.18. The van der Waals surface area contributed by atoms with Crippen LogP contribution in [0.2, 0.25) is 0 Å². The highest BCUT2D eigenvalue weighted by Crippen LogP contribution is 2.33.